The van der Waals surface area contributed by atoms with E-state index in [4.69, 9.17) is 11.6 Å². The third-order valence-corrected chi connectivity index (χ3v) is 3.28. The maximum atomic E-state index is 6.18. The number of aromatic nitrogens is 4. The van der Waals surface area contributed by atoms with Crippen LogP contribution in [0.15, 0.2) is 30.6 Å². The molecule has 2 aromatic heterocycles. The van der Waals surface area contributed by atoms with E-state index in [2.05, 4.69) is 37.5 Å². The lowest BCUT2D eigenvalue weighted by Crippen LogP contribution is -2.06. The zero-order chi connectivity index (χ0) is 14.7. The topological polar surface area (TPSA) is 78.5 Å². The highest BCUT2D eigenvalue weighted by Crippen LogP contribution is 2.27. The van der Waals surface area contributed by atoms with Crippen LogP contribution in [0.5, 0.6) is 0 Å². The van der Waals surface area contributed by atoms with Gasteiger partial charge in [0.05, 0.1) is 17.0 Å². The number of fused-ring (bicyclic) bond motifs is 1. The van der Waals surface area contributed by atoms with Gasteiger partial charge in [-0.3, -0.25) is 0 Å². The van der Waals surface area contributed by atoms with Crippen molar-refractivity contribution in [3.05, 3.63) is 35.6 Å². The number of hydrogen-bond acceptors (Lipinski definition) is 5. The summed E-state index contributed by atoms with van der Waals surface area (Å²) in [5.41, 5.74) is 2.14. The quantitative estimate of drug-likeness (QED) is 0.671. The Morgan fingerprint density at radius 2 is 2.10 bits per heavy atom. The number of H-pyrrole nitrogens is 1. The van der Waals surface area contributed by atoms with Gasteiger partial charge in [0.2, 0.25) is 5.95 Å². The summed E-state index contributed by atoms with van der Waals surface area (Å²) in [4.78, 5) is 16.1. The molecule has 0 aliphatic carbocycles. The van der Waals surface area contributed by atoms with E-state index in [1.807, 2.05) is 24.3 Å². The van der Waals surface area contributed by atoms with Crippen molar-refractivity contribution in [3.8, 4) is 0 Å². The lowest BCUT2D eigenvalue weighted by molar-refractivity contribution is 0.956. The summed E-state index contributed by atoms with van der Waals surface area (Å²) in [5.74, 6) is 1.19. The van der Waals surface area contributed by atoms with Crippen molar-refractivity contribution in [2.75, 3.05) is 17.2 Å². The van der Waals surface area contributed by atoms with Crippen LogP contribution in [-0.2, 0) is 0 Å². The number of anilines is 3. The molecule has 0 saturated carbocycles. The Kier molecular flexibility index (Phi) is 3.87. The van der Waals surface area contributed by atoms with Gasteiger partial charge >= 0.3 is 0 Å². The molecule has 0 unspecified atom stereocenters. The van der Waals surface area contributed by atoms with Crippen LogP contribution in [0, 0.1) is 0 Å². The molecule has 2 heterocycles. The molecule has 108 valence electrons. The van der Waals surface area contributed by atoms with Gasteiger partial charge in [0.1, 0.15) is 5.52 Å². The fourth-order valence-corrected chi connectivity index (χ4v) is 2.11. The van der Waals surface area contributed by atoms with Crippen molar-refractivity contribution in [2.24, 2.45) is 0 Å². The number of rotatable bonds is 5. The number of halogens is 1. The summed E-state index contributed by atoms with van der Waals surface area (Å²) in [7, 11) is 0. The Morgan fingerprint density at radius 1 is 1.24 bits per heavy atom. The first-order valence-corrected chi connectivity index (χ1v) is 7.12. The minimum absolute atomic E-state index is 0.547. The van der Waals surface area contributed by atoms with Gasteiger partial charge in [-0.1, -0.05) is 30.7 Å². The van der Waals surface area contributed by atoms with Crippen molar-refractivity contribution in [2.45, 2.75) is 13.3 Å². The third-order valence-electron chi connectivity index (χ3n) is 2.95. The highest BCUT2D eigenvalue weighted by Gasteiger charge is 2.11. The highest BCUT2D eigenvalue weighted by atomic mass is 35.5. The molecule has 7 heteroatoms. The maximum Gasteiger partial charge on any atom is 0.226 e. The molecule has 1 aromatic carbocycles. The normalized spacial score (nSPS) is 10.8. The predicted octanol–water partition coefficient (Wildman–Crippen LogP) is 3.57. The summed E-state index contributed by atoms with van der Waals surface area (Å²) >= 11 is 6.18. The number of nitrogens with zero attached hydrogens (tertiary/aromatic N) is 3. The van der Waals surface area contributed by atoms with Gasteiger partial charge in [0.25, 0.3) is 0 Å². The van der Waals surface area contributed by atoms with E-state index in [1.54, 1.807) is 6.33 Å². The summed E-state index contributed by atoms with van der Waals surface area (Å²) in [6, 6.07) is 7.51. The van der Waals surface area contributed by atoms with E-state index in [9.17, 15) is 0 Å². The average molecular weight is 303 g/mol. The monoisotopic (exact) mass is 302 g/mol. The number of imidazole rings is 1. The molecule has 6 nitrogen and oxygen atoms in total. The number of nitrogens with one attached hydrogen (secondary N) is 3. The SMILES string of the molecule is CCCNc1nc(Nc2ccccc2Cl)c2[nH]cnc2n1. The molecular formula is C14H15ClN6. The van der Waals surface area contributed by atoms with Gasteiger partial charge in [-0.05, 0) is 18.6 Å². The largest absolute Gasteiger partial charge is 0.354 e. The number of hydrogen-bond donors (Lipinski definition) is 3. The van der Waals surface area contributed by atoms with Crippen molar-refractivity contribution >= 4 is 40.2 Å². The third kappa shape index (κ3) is 2.90. The number of aromatic amines is 1. The first kappa shape index (κ1) is 13.6. The first-order valence-electron chi connectivity index (χ1n) is 6.74. The second-order valence-corrected chi connectivity index (χ2v) is 4.94. The standard InChI is InChI=1S/C14H15ClN6/c1-2-7-16-14-20-12-11(17-8-18-12)13(21-14)19-10-6-4-3-5-9(10)15/h3-6,8H,2,7H2,1H3,(H3,16,17,18,19,20,21). The molecule has 3 aromatic rings. The molecule has 0 radical (unpaired) electrons. The van der Waals surface area contributed by atoms with E-state index in [0.717, 1.165) is 24.2 Å². The summed E-state index contributed by atoms with van der Waals surface area (Å²) < 4.78 is 0. The van der Waals surface area contributed by atoms with Crippen molar-refractivity contribution in [3.63, 3.8) is 0 Å². The summed E-state index contributed by atoms with van der Waals surface area (Å²) in [6.45, 7) is 2.89. The summed E-state index contributed by atoms with van der Waals surface area (Å²) in [6.07, 6.45) is 2.59. The Morgan fingerprint density at radius 3 is 2.90 bits per heavy atom. The Balaban J connectivity index is 2.00. The molecule has 0 saturated heterocycles. The second kappa shape index (κ2) is 5.97. The van der Waals surface area contributed by atoms with Crippen LogP contribution in [0.4, 0.5) is 17.5 Å². The van der Waals surface area contributed by atoms with Crippen LogP contribution < -0.4 is 10.6 Å². The number of para-hydroxylation sites is 1. The van der Waals surface area contributed by atoms with E-state index in [0.29, 0.717) is 22.4 Å². The fraction of sp³-hybridized carbons (Fsp3) is 0.214. The average Bonchev–Trinajstić information content (AvgIpc) is 2.96. The molecular weight excluding hydrogens is 288 g/mol. The predicted molar refractivity (Wildman–Crippen MR) is 85.2 cm³/mol. The van der Waals surface area contributed by atoms with Crippen LogP contribution in [0.3, 0.4) is 0 Å². The first-order chi connectivity index (χ1) is 10.3. The zero-order valence-corrected chi connectivity index (χ0v) is 12.3. The molecule has 0 aliphatic heterocycles. The molecule has 0 spiro atoms. The smallest absolute Gasteiger partial charge is 0.226 e. The van der Waals surface area contributed by atoms with Crippen LogP contribution in [0.2, 0.25) is 5.02 Å². The van der Waals surface area contributed by atoms with Crippen molar-refractivity contribution < 1.29 is 0 Å². The van der Waals surface area contributed by atoms with Gasteiger partial charge in [-0.15, -0.1) is 0 Å². The molecule has 0 aliphatic rings. The molecule has 21 heavy (non-hydrogen) atoms. The fourth-order valence-electron chi connectivity index (χ4n) is 1.93. The van der Waals surface area contributed by atoms with Crippen LogP contribution in [0.25, 0.3) is 11.2 Å². The van der Waals surface area contributed by atoms with E-state index >= 15 is 0 Å². The van der Waals surface area contributed by atoms with E-state index in [-0.39, 0.29) is 0 Å². The Labute approximate surface area is 127 Å². The van der Waals surface area contributed by atoms with Gasteiger partial charge < -0.3 is 15.6 Å². The van der Waals surface area contributed by atoms with Gasteiger partial charge in [0.15, 0.2) is 11.5 Å². The van der Waals surface area contributed by atoms with Crippen molar-refractivity contribution in [1.29, 1.82) is 0 Å². The van der Waals surface area contributed by atoms with E-state index in [1.165, 1.54) is 0 Å². The Hall–Kier alpha value is -2.34. The molecule has 3 rings (SSSR count). The lowest BCUT2D eigenvalue weighted by Gasteiger charge is -2.10. The van der Waals surface area contributed by atoms with Gasteiger partial charge in [-0.2, -0.15) is 9.97 Å². The molecule has 3 N–H and O–H groups in total. The van der Waals surface area contributed by atoms with E-state index < -0.39 is 0 Å². The highest BCUT2D eigenvalue weighted by molar-refractivity contribution is 6.33. The molecule has 0 bridgehead atoms. The van der Waals surface area contributed by atoms with Gasteiger partial charge in [-0.25, -0.2) is 4.98 Å². The molecule has 0 atom stereocenters. The molecule has 0 amide bonds. The van der Waals surface area contributed by atoms with Crippen molar-refractivity contribution in [1.82, 2.24) is 19.9 Å². The summed E-state index contributed by atoms with van der Waals surface area (Å²) in [5, 5.41) is 7.02. The second-order valence-electron chi connectivity index (χ2n) is 4.53. The Bertz CT molecular complexity index is 754. The zero-order valence-electron chi connectivity index (χ0n) is 11.5. The minimum atomic E-state index is 0.547. The van der Waals surface area contributed by atoms with Crippen LogP contribution >= 0.6 is 11.6 Å². The minimum Gasteiger partial charge on any atom is -0.354 e. The van der Waals surface area contributed by atoms with Gasteiger partial charge in [0, 0.05) is 6.54 Å². The number of benzene rings is 1. The maximum absolute atomic E-state index is 6.18. The molecule has 0 fully saturated rings. The van der Waals surface area contributed by atoms with Crippen LogP contribution in [-0.4, -0.2) is 26.5 Å². The van der Waals surface area contributed by atoms with Crippen LogP contribution in [0.1, 0.15) is 13.3 Å². The lowest BCUT2D eigenvalue weighted by atomic mass is 10.3.